The number of halogens is 1. The first-order chi connectivity index (χ1) is 12.8. The summed E-state index contributed by atoms with van der Waals surface area (Å²) in [5.41, 5.74) is 0. The number of likely N-dealkylation sites (tertiary alicyclic amines) is 1. The van der Waals surface area contributed by atoms with Gasteiger partial charge >= 0.3 is 0 Å². The number of rotatable bonds is 8. The van der Waals surface area contributed by atoms with E-state index in [4.69, 9.17) is 0 Å². The Balaban J connectivity index is 1.66. The number of benzene rings is 1. The average molecular weight is 399 g/mol. The number of hydrogen-bond acceptors (Lipinski definition) is 4. The van der Waals surface area contributed by atoms with Gasteiger partial charge < -0.3 is 10.2 Å². The zero-order chi connectivity index (χ0) is 19.9. The van der Waals surface area contributed by atoms with Crippen LogP contribution in [0.5, 0.6) is 0 Å². The van der Waals surface area contributed by atoms with Crippen LogP contribution in [0.4, 0.5) is 4.39 Å². The second-order valence-electron chi connectivity index (χ2n) is 6.79. The van der Waals surface area contributed by atoms with Gasteiger partial charge in [0.2, 0.25) is 21.8 Å². The van der Waals surface area contributed by atoms with Gasteiger partial charge in [0.25, 0.3) is 0 Å². The normalized spacial score (nSPS) is 17.6. The molecule has 7 nitrogen and oxygen atoms in total. The van der Waals surface area contributed by atoms with Gasteiger partial charge in [-0.25, -0.2) is 17.5 Å². The fraction of sp³-hybridized carbons (Fsp3) is 0.556. The average Bonchev–Trinajstić information content (AvgIpc) is 2.62. The highest BCUT2D eigenvalue weighted by Gasteiger charge is 2.20. The van der Waals surface area contributed by atoms with E-state index in [2.05, 4.69) is 17.0 Å². The Bertz CT molecular complexity index is 752. The van der Waals surface area contributed by atoms with Crippen molar-refractivity contribution >= 4 is 21.8 Å². The molecule has 1 aliphatic heterocycles. The zero-order valence-corrected chi connectivity index (χ0v) is 16.2. The van der Waals surface area contributed by atoms with Gasteiger partial charge in [0.05, 0.1) is 4.90 Å². The van der Waals surface area contributed by atoms with Crippen LogP contribution in [-0.4, -0.2) is 51.3 Å². The Labute approximate surface area is 159 Å². The highest BCUT2D eigenvalue weighted by molar-refractivity contribution is 7.89. The van der Waals surface area contributed by atoms with Crippen molar-refractivity contribution in [1.82, 2.24) is 14.9 Å². The minimum Gasteiger partial charge on any atom is -0.356 e. The molecule has 1 atom stereocenters. The maximum atomic E-state index is 12.9. The van der Waals surface area contributed by atoms with Gasteiger partial charge in [-0.3, -0.25) is 9.59 Å². The summed E-state index contributed by atoms with van der Waals surface area (Å²) in [6, 6.07) is 4.43. The summed E-state index contributed by atoms with van der Waals surface area (Å²) in [5, 5.41) is 2.63. The first-order valence-electron chi connectivity index (χ1n) is 9.07. The molecule has 27 heavy (non-hydrogen) atoms. The first kappa shape index (κ1) is 21.3. The van der Waals surface area contributed by atoms with Crippen LogP contribution in [0, 0.1) is 11.7 Å². The van der Waals surface area contributed by atoms with E-state index in [1.807, 2.05) is 4.90 Å². The molecule has 2 N–H and O–H groups in total. The number of carbonyl (C=O) groups is 2. The molecular weight excluding hydrogens is 373 g/mol. The van der Waals surface area contributed by atoms with E-state index in [9.17, 15) is 22.4 Å². The van der Waals surface area contributed by atoms with Crippen molar-refractivity contribution in [2.45, 2.75) is 37.5 Å². The van der Waals surface area contributed by atoms with Crippen molar-refractivity contribution in [3.05, 3.63) is 30.1 Å². The Morgan fingerprint density at radius 3 is 2.56 bits per heavy atom. The predicted molar refractivity (Wildman–Crippen MR) is 98.8 cm³/mol. The summed E-state index contributed by atoms with van der Waals surface area (Å²) in [6.07, 6.45) is 2.33. The minimum absolute atomic E-state index is 0.0267. The Morgan fingerprint density at radius 2 is 1.89 bits per heavy atom. The number of nitrogens with one attached hydrogen (secondary N) is 2. The van der Waals surface area contributed by atoms with Crippen LogP contribution in [0.3, 0.4) is 0 Å². The highest BCUT2D eigenvalue weighted by atomic mass is 32.2. The number of nitrogens with zero attached hydrogens (tertiary/aromatic N) is 1. The molecule has 1 saturated heterocycles. The van der Waals surface area contributed by atoms with Crippen LogP contribution in [0.15, 0.2) is 29.2 Å². The lowest BCUT2D eigenvalue weighted by molar-refractivity contribution is -0.132. The van der Waals surface area contributed by atoms with Gasteiger partial charge in [0, 0.05) is 39.0 Å². The van der Waals surface area contributed by atoms with Gasteiger partial charge in [0.15, 0.2) is 0 Å². The smallest absolute Gasteiger partial charge is 0.240 e. The van der Waals surface area contributed by atoms with E-state index in [-0.39, 0.29) is 42.6 Å². The maximum Gasteiger partial charge on any atom is 0.240 e. The van der Waals surface area contributed by atoms with Crippen molar-refractivity contribution in [3.63, 3.8) is 0 Å². The third-order valence-electron chi connectivity index (χ3n) is 4.44. The molecule has 1 aliphatic rings. The molecule has 1 unspecified atom stereocenters. The molecule has 9 heteroatoms. The summed E-state index contributed by atoms with van der Waals surface area (Å²) in [6.45, 7) is 3.80. The van der Waals surface area contributed by atoms with E-state index < -0.39 is 15.8 Å². The van der Waals surface area contributed by atoms with Crippen LogP contribution >= 0.6 is 0 Å². The lowest BCUT2D eigenvalue weighted by Crippen LogP contribution is -2.40. The molecule has 0 bridgehead atoms. The van der Waals surface area contributed by atoms with E-state index >= 15 is 0 Å². The van der Waals surface area contributed by atoms with Gasteiger partial charge in [-0.05, 0) is 43.0 Å². The van der Waals surface area contributed by atoms with Crippen molar-refractivity contribution in [2.75, 3.05) is 26.2 Å². The molecule has 1 aromatic carbocycles. The quantitative estimate of drug-likeness (QED) is 0.688. The van der Waals surface area contributed by atoms with Crippen LogP contribution in [0.1, 0.15) is 32.6 Å². The second-order valence-corrected chi connectivity index (χ2v) is 8.56. The van der Waals surface area contributed by atoms with Crippen LogP contribution in [0.25, 0.3) is 0 Å². The van der Waals surface area contributed by atoms with Crippen molar-refractivity contribution in [1.29, 1.82) is 0 Å². The molecular formula is C18H26FN3O4S. The van der Waals surface area contributed by atoms with E-state index in [0.29, 0.717) is 5.92 Å². The predicted octanol–water partition coefficient (Wildman–Crippen LogP) is 1.26. The highest BCUT2D eigenvalue weighted by Crippen LogP contribution is 2.15. The SMILES string of the molecule is CC1CCCN(C(=O)CCNC(=O)CCNS(=O)(=O)c2ccc(F)cc2)C1. The third kappa shape index (κ3) is 6.91. The number of sulfonamides is 1. The topological polar surface area (TPSA) is 95.6 Å². The fourth-order valence-electron chi connectivity index (χ4n) is 2.97. The van der Waals surface area contributed by atoms with E-state index in [1.165, 1.54) is 0 Å². The van der Waals surface area contributed by atoms with Crippen molar-refractivity contribution < 1.29 is 22.4 Å². The number of hydrogen-bond donors (Lipinski definition) is 2. The number of carbonyl (C=O) groups excluding carboxylic acids is 2. The van der Waals surface area contributed by atoms with Gasteiger partial charge in [0.1, 0.15) is 5.82 Å². The van der Waals surface area contributed by atoms with Crippen LogP contribution < -0.4 is 10.0 Å². The molecule has 2 amide bonds. The summed E-state index contributed by atoms with van der Waals surface area (Å²) in [5.74, 6) is -0.330. The molecule has 1 aromatic rings. The largest absolute Gasteiger partial charge is 0.356 e. The molecule has 1 heterocycles. The summed E-state index contributed by atoms with van der Waals surface area (Å²) in [7, 11) is -3.78. The standard InChI is InChI=1S/C18H26FN3O4S/c1-14-3-2-12-22(13-14)18(24)9-10-20-17(23)8-11-21-27(25,26)16-6-4-15(19)5-7-16/h4-7,14,21H,2-3,8-13H2,1H3,(H,20,23). The fourth-order valence-corrected chi connectivity index (χ4v) is 4.00. The molecule has 0 radical (unpaired) electrons. The van der Waals surface area contributed by atoms with Crippen LogP contribution in [-0.2, 0) is 19.6 Å². The summed E-state index contributed by atoms with van der Waals surface area (Å²) < 4.78 is 39.2. The van der Waals surface area contributed by atoms with Crippen LogP contribution in [0.2, 0.25) is 0 Å². The maximum absolute atomic E-state index is 12.9. The lowest BCUT2D eigenvalue weighted by Gasteiger charge is -2.31. The monoisotopic (exact) mass is 399 g/mol. The molecule has 0 aromatic heterocycles. The van der Waals surface area contributed by atoms with Gasteiger partial charge in [-0.1, -0.05) is 6.92 Å². The Hall–Kier alpha value is -2.00. The molecule has 1 fully saturated rings. The minimum atomic E-state index is -3.78. The molecule has 150 valence electrons. The molecule has 0 saturated carbocycles. The molecule has 0 spiro atoms. The zero-order valence-electron chi connectivity index (χ0n) is 15.4. The Kier molecular flexibility index (Phi) is 7.73. The van der Waals surface area contributed by atoms with Gasteiger partial charge in [-0.2, -0.15) is 0 Å². The van der Waals surface area contributed by atoms with Crippen molar-refractivity contribution in [3.8, 4) is 0 Å². The van der Waals surface area contributed by atoms with E-state index in [0.717, 1.165) is 50.2 Å². The third-order valence-corrected chi connectivity index (χ3v) is 5.92. The number of piperidine rings is 1. The Morgan fingerprint density at radius 1 is 1.19 bits per heavy atom. The van der Waals surface area contributed by atoms with E-state index in [1.54, 1.807) is 0 Å². The second kappa shape index (κ2) is 9.80. The van der Waals surface area contributed by atoms with Gasteiger partial charge in [-0.15, -0.1) is 0 Å². The van der Waals surface area contributed by atoms with Crippen molar-refractivity contribution in [2.24, 2.45) is 5.92 Å². The lowest BCUT2D eigenvalue weighted by atomic mass is 10.00. The molecule has 2 rings (SSSR count). The first-order valence-corrected chi connectivity index (χ1v) is 10.6. The summed E-state index contributed by atoms with van der Waals surface area (Å²) in [4.78, 5) is 25.7. The number of amides is 2. The molecule has 0 aliphatic carbocycles. The summed E-state index contributed by atoms with van der Waals surface area (Å²) >= 11 is 0.